The zero-order valence-corrected chi connectivity index (χ0v) is 18.3. The van der Waals surface area contributed by atoms with Crippen molar-refractivity contribution in [1.29, 1.82) is 0 Å². The van der Waals surface area contributed by atoms with Gasteiger partial charge in [-0.3, -0.25) is 33.8 Å². The number of ketones is 1. The summed E-state index contributed by atoms with van der Waals surface area (Å²) in [4.78, 5) is 66.9. The van der Waals surface area contributed by atoms with E-state index in [0.29, 0.717) is 38.5 Å². The number of hydrogen-bond acceptors (Lipinski definition) is 5. The highest BCUT2D eigenvalue weighted by Gasteiger charge is 2.54. The van der Waals surface area contributed by atoms with Crippen LogP contribution in [0.2, 0.25) is 0 Å². The van der Waals surface area contributed by atoms with E-state index in [1.165, 1.54) is 18.4 Å². The molecule has 2 heterocycles. The van der Waals surface area contributed by atoms with Gasteiger partial charge in [0.05, 0.1) is 23.7 Å². The average molecular weight is 429 g/mol. The molecule has 0 radical (unpaired) electrons. The predicted octanol–water partition coefficient (Wildman–Crippen LogP) is 2.32. The lowest BCUT2D eigenvalue weighted by molar-refractivity contribution is -0.143. The van der Waals surface area contributed by atoms with E-state index in [0.717, 1.165) is 25.7 Å². The molecule has 0 spiro atoms. The largest absolute Gasteiger partial charge is 0.299 e. The smallest absolute Gasteiger partial charge is 0.233 e. The molecule has 3 aliphatic carbocycles. The van der Waals surface area contributed by atoms with Gasteiger partial charge in [-0.1, -0.05) is 19.3 Å². The summed E-state index contributed by atoms with van der Waals surface area (Å²) in [7, 11) is 1.53. The van der Waals surface area contributed by atoms with Gasteiger partial charge in [0.1, 0.15) is 5.78 Å². The van der Waals surface area contributed by atoms with Crippen molar-refractivity contribution in [3.8, 4) is 0 Å². The number of nitrogens with zero attached hydrogens (tertiary/aromatic N) is 2. The van der Waals surface area contributed by atoms with Crippen LogP contribution in [-0.2, 0) is 24.0 Å². The third-order valence-electron chi connectivity index (χ3n) is 8.85. The highest BCUT2D eigenvalue weighted by molar-refractivity contribution is 6.06. The van der Waals surface area contributed by atoms with Crippen molar-refractivity contribution in [2.24, 2.45) is 35.5 Å². The lowest BCUT2D eigenvalue weighted by atomic mass is 9.67. The van der Waals surface area contributed by atoms with Crippen LogP contribution in [0.4, 0.5) is 0 Å². The minimum absolute atomic E-state index is 0.00795. The summed E-state index contributed by atoms with van der Waals surface area (Å²) in [5.74, 6) is -1.86. The number of carbonyl (C=O) groups is 5. The van der Waals surface area contributed by atoms with Crippen LogP contribution in [0, 0.1) is 35.5 Å². The van der Waals surface area contributed by atoms with Gasteiger partial charge in [-0.15, -0.1) is 0 Å². The molecule has 2 saturated heterocycles. The first-order valence-electron chi connectivity index (χ1n) is 12.1. The first-order chi connectivity index (χ1) is 14.9. The van der Waals surface area contributed by atoms with Crippen LogP contribution in [0.15, 0.2) is 0 Å². The zero-order valence-electron chi connectivity index (χ0n) is 18.3. The Balaban J connectivity index is 1.26. The highest BCUT2D eigenvalue weighted by Crippen LogP contribution is 2.46. The lowest BCUT2D eigenvalue weighted by Gasteiger charge is -2.33. The number of hydrogen-bond donors (Lipinski definition) is 0. The van der Waals surface area contributed by atoms with Crippen LogP contribution in [-0.4, -0.2) is 52.3 Å². The van der Waals surface area contributed by atoms with Gasteiger partial charge in [-0.05, 0) is 51.4 Å². The number of likely N-dealkylation sites (tertiary alicyclic amines) is 2. The molecular weight excluding hydrogens is 396 g/mol. The second-order valence-corrected chi connectivity index (χ2v) is 10.4. The van der Waals surface area contributed by atoms with Gasteiger partial charge in [0.15, 0.2) is 0 Å². The van der Waals surface area contributed by atoms with E-state index >= 15 is 0 Å². The summed E-state index contributed by atoms with van der Waals surface area (Å²) in [6, 6.07) is 0.0479. The van der Waals surface area contributed by atoms with Crippen LogP contribution in [0.5, 0.6) is 0 Å². The van der Waals surface area contributed by atoms with E-state index in [4.69, 9.17) is 0 Å². The second kappa shape index (κ2) is 7.82. The van der Waals surface area contributed by atoms with E-state index < -0.39 is 0 Å². The molecule has 7 heteroatoms. The Bertz CT molecular complexity index is 832. The first-order valence-corrected chi connectivity index (χ1v) is 12.1. The zero-order chi connectivity index (χ0) is 21.9. The molecule has 4 amide bonds. The second-order valence-electron chi connectivity index (χ2n) is 10.4. The molecule has 6 atom stereocenters. The van der Waals surface area contributed by atoms with Gasteiger partial charge in [-0.2, -0.15) is 0 Å². The van der Waals surface area contributed by atoms with Crippen molar-refractivity contribution in [3.63, 3.8) is 0 Å². The van der Waals surface area contributed by atoms with E-state index in [1.54, 1.807) is 4.90 Å². The minimum atomic E-state index is -0.368. The molecule has 3 saturated carbocycles. The molecule has 31 heavy (non-hydrogen) atoms. The van der Waals surface area contributed by atoms with Crippen molar-refractivity contribution in [2.75, 3.05) is 7.05 Å². The monoisotopic (exact) mass is 428 g/mol. The molecule has 0 aromatic heterocycles. The van der Waals surface area contributed by atoms with Crippen LogP contribution in [0.1, 0.15) is 70.6 Å². The Morgan fingerprint density at radius 2 is 1.13 bits per heavy atom. The summed E-state index contributed by atoms with van der Waals surface area (Å²) < 4.78 is 0. The van der Waals surface area contributed by atoms with Crippen molar-refractivity contribution >= 4 is 29.4 Å². The third kappa shape index (κ3) is 3.26. The van der Waals surface area contributed by atoms with E-state index in [2.05, 4.69) is 0 Å². The molecule has 7 nitrogen and oxygen atoms in total. The standard InChI is InChI=1S/C24H32N2O5/c1-25-21(28)16-9-7-13(11-18(16)22(25)29)20(27)14-8-10-17-19(12-14)24(31)26(23(17)30)15-5-3-2-4-6-15/h13-19H,2-12H2,1H3. The molecular formula is C24H32N2O5. The fraction of sp³-hybridized carbons (Fsp3) is 0.792. The Morgan fingerprint density at radius 3 is 1.74 bits per heavy atom. The number of imide groups is 2. The number of amides is 4. The van der Waals surface area contributed by atoms with E-state index in [9.17, 15) is 24.0 Å². The maximum Gasteiger partial charge on any atom is 0.233 e. The average Bonchev–Trinajstić information content (AvgIpc) is 3.18. The summed E-state index contributed by atoms with van der Waals surface area (Å²) in [6.45, 7) is 0. The Kier molecular flexibility index (Phi) is 5.25. The van der Waals surface area contributed by atoms with Gasteiger partial charge in [0.25, 0.3) is 0 Å². The van der Waals surface area contributed by atoms with Crippen LogP contribution in [0.3, 0.4) is 0 Å². The molecule has 0 N–H and O–H groups in total. The van der Waals surface area contributed by atoms with E-state index in [-0.39, 0.29) is 71.0 Å². The minimum Gasteiger partial charge on any atom is -0.299 e. The molecule has 6 unspecified atom stereocenters. The maximum absolute atomic E-state index is 13.4. The Hall–Kier alpha value is -2.05. The fourth-order valence-electron chi connectivity index (χ4n) is 7.10. The molecule has 0 aromatic carbocycles. The summed E-state index contributed by atoms with van der Waals surface area (Å²) in [5, 5.41) is 0. The molecule has 5 aliphatic rings. The van der Waals surface area contributed by atoms with E-state index in [1.807, 2.05) is 0 Å². The summed E-state index contributed by atoms with van der Waals surface area (Å²) in [5.41, 5.74) is 0. The number of Topliss-reactive ketones (excluding diaryl/α,β-unsaturated/α-hetero) is 1. The number of rotatable bonds is 3. The fourth-order valence-corrected chi connectivity index (χ4v) is 7.10. The van der Waals surface area contributed by atoms with Crippen molar-refractivity contribution < 1.29 is 24.0 Å². The highest BCUT2D eigenvalue weighted by atomic mass is 16.2. The third-order valence-corrected chi connectivity index (χ3v) is 8.85. The maximum atomic E-state index is 13.4. The Labute approximate surface area is 182 Å². The number of fused-ring (bicyclic) bond motifs is 2. The van der Waals surface area contributed by atoms with Crippen molar-refractivity contribution in [3.05, 3.63) is 0 Å². The predicted molar refractivity (Wildman–Crippen MR) is 110 cm³/mol. The Morgan fingerprint density at radius 1 is 0.645 bits per heavy atom. The molecule has 0 bridgehead atoms. The SMILES string of the molecule is CN1C(=O)C2CCC(C(=O)C3CCC4C(=O)N(C5CCCCC5)C(=O)C4C3)CC2C1=O. The summed E-state index contributed by atoms with van der Waals surface area (Å²) in [6.07, 6.45) is 8.51. The first kappa shape index (κ1) is 20.8. The van der Waals surface area contributed by atoms with Crippen LogP contribution in [0.25, 0.3) is 0 Å². The number of carbonyl (C=O) groups excluding carboxylic acids is 5. The van der Waals surface area contributed by atoms with Crippen LogP contribution >= 0.6 is 0 Å². The molecule has 5 rings (SSSR count). The molecule has 168 valence electrons. The normalized spacial score (nSPS) is 39.1. The molecule has 5 fully saturated rings. The van der Waals surface area contributed by atoms with Gasteiger partial charge in [0, 0.05) is 24.9 Å². The van der Waals surface area contributed by atoms with Gasteiger partial charge < -0.3 is 0 Å². The topological polar surface area (TPSA) is 91.8 Å². The lowest BCUT2D eigenvalue weighted by Crippen LogP contribution is -2.41. The van der Waals surface area contributed by atoms with Gasteiger partial charge in [0.2, 0.25) is 23.6 Å². The molecule has 2 aliphatic heterocycles. The van der Waals surface area contributed by atoms with Gasteiger partial charge in [-0.25, -0.2) is 0 Å². The van der Waals surface area contributed by atoms with Crippen LogP contribution < -0.4 is 0 Å². The molecule has 0 aromatic rings. The van der Waals surface area contributed by atoms with Crippen molar-refractivity contribution in [2.45, 2.75) is 76.7 Å². The quantitative estimate of drug-likeness (QED) is 0.644. The summed E-state index contributed by atoms with van der Waals surface area (Å²) >= 11 is 0. The van der Waals surface area contributed by atoms with Crippen molar-refractivity contribution in [1.82, 2.24) is 9.80 Å². The van der Waals surface area contributed by atoms with Gasteiger partial charge >= 0.3 is 0 Å².